The maximum absolute atomic E-state index is 2.38. The van der Waals surface area contributed by atoms with Crippen LogP contribution in [0.15, 0.2) is 0 Å². The second-order valence-electron chi connectivity index (χ2n) is 4.41. The van der Waals surface area contributed by atoms with E-state index >= 15 is 0 Å². The fraction of sp³-hybridized carbons (Fsp3) is 1.00. The molecule has 0 aromatic carbocycles. The molecule has 1 saturated heterocycles. The molecule has 1 nitrogen and oxygen atoms in total. The molecule has 0 aromatic heterocycles. The van der Waals surface area contributed by atoms with Crippen LogP contribution in [0.3, 0.4) is 0 Å². The number of hydrogen-bond donors (Lipinski definition) is 0. The molecule has 11 heavy (non-hydrogen) atoms. The summed E-state index contributed by atoms with van der Waals surface area (Å²) in [5, 5.41) is 0. The number of quaternary nitrogens is 1. The second-order valence-corrected chi connectivity index (χ2v) is 8.42. The molecule has 1 fully saturated rings. The summed E-state index contributed by atoms with van der Waals surface area (Å²) >= 11 is 0. The summed E-state index contributed by atoms with van der Waals surface area (Å²) in [4.78, 5) is 0. The van der Waals surface area contributed by atoms with Gasteiger partial charge in [-0.2, -0.15) is 0 Å². The SMILES string of the molecule is C[N+](C)(C)[SiH]1CCCCC1.[LiH]. The van der Waals surface area contributed by atoms with Crippen molar-refractivity contribution < 1.29 is 4.15 Å². The summed E-state index contributed by atoms with van der Waals surface area (Å²) in [5.74, 6) is 0. The molecule has 0 amide bonds. The Balaban J connectivity index is 0.000001000. The van der Waals surface area contributed by atoms with Crippen molar-refractivity contribution in [2.24, 2.45) is 0 Å². The standard InChI is InChI=1S/C8H20NSi.Li.H/c1-9(2,3)10-7-5-4-6-8-10;;/h10H,4-8H2,1-3H3;;/q+1;;. The average molecular weight is 166 g/mol. The van der Waals surface area contributed by atoms with E-state index < -0.39 is 0 Å². The molecule has 0 atom stereocenters. The molecular formula is C8H21LiNSi+. The topological polar surface area (TPSA) is 0 Å². The molecule has 0 radical (unpaired) electrons. The van der Waals surface area contributed by atoms with Gasteiger partial charge in [0.05, 0.1) is 21.1 Å². The zero-order chi connectivity index (χ0) is 7.61. The fourth-order valence-electron chi connectivity index (χ4n) is 1.86. The minimum atomic E-state index is -0.377. The third-order valence-electron chi connectivity index (χ3n) is 2.67. The molecule has 1 rings (SSSR count). The summed E-state index contributed by atoms with van der Waals surface area (Å²) in [5.41, 5.74) is 0. The first-order valence-electron chi connectivity index (χ1n) is 4.42. The molecule has 1 aliphatic rings. The van der Waals surface area contributed by atoms with Gasteiger partial charge in [0.1, 0.15) is 0 Å². The van der Waals surface area contributed by atoms with Crippen LogP contribution >= 0.6 is 0 Å². The van der Waals surface area contributed by atoms with Gasteiger partial charge in [-0.3, -0.25) is 0 Å². The molecule has 1 heterocycles. The van der Waals surface area contributed by atoms with E-state index in [4.69, 9.17) is 0 Å². The summed E-state index contributed by atoms with van der Waals surface area (Å²) in [7, 11) is 6.75. The zero-order valence-electron chi connectivity index (χ0n) is 7.56. The van der Waals surface area contributed by atoms with Crippen LogP contribution in [0.4, 0.5) is 0 Å². The number of hydrogen-bond acceptors (Lipinski definition) is 0. The van der Waals surface area contributed by atoms with E-state index in [1.54, 1.807) is 12.1 Å². The Morgan fingerprint density at radius 1 is 0.909 bits per heavy atom. The molecule has 0 unspecified atom stereocenters. The summed E-state index contributed by atoms with van der Waals surface area (Å²) in [6.45, 7) is 0. The molecule has 1 aliphatic heterocycles. The van der Waals surface area contributed by atoms with Gasteiger partial charge < -0.3 is 4.15 Å². The molecule has 62 valence electrons. The van der Waals surface area contributed by atoms with Crippen molar-refractivity contribution >= 4 is 27.8 Å². The van der Waals surface area contributed by atoms with E-state index in [0.29, 0.717) is 0 Å². The molecule has 0 aliphatic carbocycles. The third-order valence-corrected chi connectivity index (χ3v) is 7.01. The monoisotopic (exact) mass is 166 g/mol. The first-order chi connectivity index (χ1) is 4.61. The van der Waals surface area contributed by atoms with Crippen LogP contribution in [0, 0.1) is 0 Å². The van der Waals surface area contributed by atoms with Crippen LogP contribution in [-0.2, 0) is 0 Å². The third kappa shape index (κ3) is 3.80. The van der Waals surface area contributed by atoms with Crippen molar-refractivity contribution in [3.63, 3.8) is 0 Å². The number of rotatable bonds is 1. The van der Waals surface area contributed by atoms with Crippen molar-refractivity contribution in [3.8, 4) is 0 Å². The predicted octanol–water partition coefficient (Wildman–Crippen LogP) is 0.952. The van der Waals surface area contributed by atoms with Gasteiger partial charge in [-0.05, 0) is 12.1 Å². The van der Waals surface area contributed by atoms with Gasteiger partial charge >= 0.3 is 18.9 Å². The fourth-order valence-corrected chi connectivity index (χ4v) is 5.21. The summed E-state index contributed by atoms with van der Waals surface area (Å²) in [6.07, 6.45) is 4.54. The summed E-state index contributed by atoms with van der Waals surface area (Å²) < 4.78 is 1.31. The quantitative estimate of drug-likeness (QED) is 0.509. The normalized spacial score (nSPS) is 21.0. The minimum absolute atomic E-state index is 0. The van der Waals surface area contributed by atoms with Crippen LogP contribution < -0.4 is 0 Å². The van der Waals surface area contributed by atoms with E-state index in [0.717, 1.165) is 0 Å². The molecule has 3 heteroatoms. The van der Waals surface area contributed by atoms with Crippen LogP contribution in [-0.4, -0.2) is 53.1 Å². The Kier molecular flexibility index (Phi) is 5.05. The molecule has 0 spiro atoms. The van der Waals surface area contributed by atoms with Crippen LogP contribution in [0.2, 0.25) is 12.1 Å². The molecule has 0 bridgehead atoms. The van der Waals surface area contributed by atoms with E-state index in [1.165, 1.54) is 23.4 Å². The van der Waals surface area contributed by atoms with Gasteiger partial charge in [0.25, 0.3) is 8.96 Å². The van der Waals surface area contributed by atoms with Gasteiger partial charge in [0.2, 0.25) is 0 Å². The van der Waals surface area contributed by atoms with Crippen molar-refractivity contribution in [1.29, 1.82) is 0 Å². The molecular weight excluding hydrogens is 145 g/mol. The second kappa shape index (κ2) is 4.72. The first-order valence-corrected chi connectivity index (χ1v) is 6.57. The van der Waals surface area contributed by atoms with E-state index in [-0.39, 0.29) is 27.8 Å². The molecule has 0 N–H and O–H groups in total. The van der Waals surface area contributed by atoms with Crippen LogP contribution in [0.1, 0.15) is 19.3 Å². The Morgan fingerprint density at radius 2 is 1.36 bits per heavy atom. The Bertz CT molecular complexity index is 105. The first kappa shape index (κ1) is 11.8. The van der Waals surface area contributed by atoms with Gasteiger partial charge in [-0.25, -0.2) is 0 Å². The van der Waals surface area contributed by atoms with E-state index in [1.807, 2.05) is 0 Å². The molecule has 0 saturated carbocycles. The van der Waals surface area contributed by atoms with Gasteiger partial charge in [0.15, 0.2) is 0 Å². The van der Waals surface area contributed by atoms with Crippen molar-refractivity contribution in [1.82, 2.24) is 0 Å². The number of nitrogens with zero attached hydrogens (tertiary/aromatic N) is 1. The van der Waals surface area contributed by atoms with Gasteiger partial charge in [-0.15, -0.1) is 0 Å². The Hall–Kier alpha value is 0.774. The van der Waals surface area contributed by atoms with E-state index in [2.05, 4.69) is 21.1 Å². The average Bonchev–Trinajstić information content (AvgIpc) is 1.88. The Morgan fingerprint density at radius 3 is 1.64 bits per heavy atom. The van der Waals surface area contributed by atoms with Gasteiger partial charge in [0, 0.05) is 0 Å². The van der Waals surface area contributed by atoms with Crippen molar-refractivity contribution in [3.05, 3.63) is 0 Å². The van der Waals surface area contributed by atoms with Gasteiger partial charge in [-0.1, -0.05) is 19.3 Å². The zero-order valence-corrected chi connectivity index (χ0v) is 8.71. The predicted molar refractivity (Wildman–Crippen MR) is 55.8 cm³/mol. The maximum atomic E-state index is 2.38. The van der Waals surface area contributed by atoms with Crippen LogP contribution in [0.25, 0.3) is 0 Å². The summed E-state index contributed by atoms with van der Waals surface area (Å²) in [6, 6.07) is 3.17. The van der Waals surface area contributed by atoms with Crippen molar-refractivity contribution in [2.45, 2.75) is 31.4 Å². The van der Waals surface area contributed by atoms with Crippen LogP contribution in [0.5, 0.6) is 0 Å². The Labute approximate surface area is 84.6 Å². The van der Waals surface area contributed by atoms with Crippen molar-refractivity contribution in [2.75, 3.05) is 21.1 Å². The molecule has 0 aromatic rings. The van der Waals surface area contributed by atoms with E-state index in [9.17, 15) is 0 Å².